The molecule has 0 unspecified atom stereocenters. The van der Waals surface area contributed by atoms with Gasteiger partial charge in [-0.3, -0.25) is 4.79 Å². The van der Waals surface area contributed by atoms with Gasteiger partial charge in [-0.05, 0) is 19.3 Å². The second kappa shape index (κ2) is 15.0. The van der Waals surface area contributed by atoms with E-state index in [4.69, 9.17) is 5.11 Å². The van der Waals surface area contributed by atoms with Crippen LogP contribution in [-0.4, -0.2) is 11.1 Å². The molecule has 0 spiro atoms. The lowest BCUT2D eigenvalue weighted by atomic mass is 10.1. The van der Waals surface area contributed by atoms with Gasteiger partial charge in [-0.15, -0.1) is 0 Å². The summed E-state index contributed by atoms with van der Waals surface area (Å²) >= 11 is 0. The number of carboxylic acid groups (broad SMARTS) is 1. The maximum atomic E-state index is 10.3. The van der Waals surface area contributed by atoms with Gasteiger partial charge in [-0.25, -0.2) is 0 Å². The molecular weight excluding hydrogens is 236 g/mol. The highest BCUT2D eigenvalue weighted by Crippen LogP contribution is 2.09. The van der Waals surface area contributed by atoms with Crippen LogP contribution in [0, 0.1) is 0 Å². The van der Waals surface area contributed by atoms with Crippen LogP contribution in [0.1, 0.15) is 77.6 Å². The monoisotopic (exact) mass is 266 g/mol. The van der Waals surface area contributed by atoms with Crippen LogP contribution in [-0.2, 0) is 4.79 Å². The van der Waals surface area contributed by atoms with Crippen molar-refractivity contribution < 1.29 is 9.90 Å². The highest BCUT2D eigenvalue weighted by molar-refractivity contribution is 5.66. The summed E-state index contributed by atoms with van der Waals surface area (Å²) in [4.78, 5) is 10.3. The fraction of sp³-hybridized carbons (Fsp3) is 0.706. The predicted octanol–water partition coefficient (Wildman–Crippen LogP) is 5.49. The van der Waals surface area contributed by atoms with Gasteiger partial charge in [0.15, 0.2) is 0 Å². The third-order valence-electron chi connectivity index (χ3n) is 3.13. The molecule has 0 aromatic carbocycles. The van der Waals surface area contributed by atoms with Crippen LogP contribution in [0.5, 0.6) is 0 Å². The van der Waals surface area contributed by atoms with Crippen LogP contribution in [0.3, 0.4) is 0 Å². The molecule has 0 aliphatic rings. The zero-order valence-corrected chi connectivity index (χ0v) is 12.4. The first-order valence-electron chi connectivity index (χ1n) is 7.80. The SMILES string of the molecule is CCCCCCCCCC/C=C/C=C/CCC(=O)O. The number of unbranched alkanes of at least 4 members (excludes halogenated alkanes) is 8. The number of aliphatic carboxylic acids is 1. The van der Waals surface area contributed by atoms with Gasteiger partial charge in [-0.1, -0.05) is 76.2 Å². The molecule has 0 saturated carbocycles. The average molecular weight is 266 g/mol. The molecule has 0 bridgehead atoms. The average Bonchev–Trinajstić information content (AvgIpc) is 2.39. The molecule has 0 amide bonds. The Labute approximate surface area is 118 Å². The summed E-state index contributed by atoms with van der Waals surface area (Å²) in [5, 5.41) is 8.45. The third-order valence-corrected chi connectivity index (χ3v) is 3.13. The van der Waals surface area contributed by atoms with E-state index in [-0.39, 0.29) is 6.42 Å². The van der Waals surface area contributed by atoms with Gasteiger partial charge < -0.3 is 5.11 Å². The number of allylic oxidation sites excluding steroid dienone is 4. The Balaban J connectivity index is 3.18. The van der Waals surface area contributed by atoms with Crippen molar-refractivity contribution in [1.29, 1.82) is 0 Å². The van der Waals surface area contributed by atoms with E-state index >= 15 is 0 Å². The minimum absolute atomic E-state index is 0.225. The number of hydrogen-bond donors (Lipinski definition) is 1. The Morgan fingerprint density at radius 2 is 1.37 bits per heavy atom. The first kappa shape index (κ1) is 17.9. The molecular formula is C17H30O2. The van der Waals surface area contributed by atoms with E-state index in [1.165, 1.54) is 51.4 Å². The summed E-state index contributed by atoms with van der Waals surface area (Å²) in [6.45, 7) is 2.25. The van der Waals surface area contributed by atoms with Crippen LogP contribution in [0.4, 0.5) is 0 Å². The molecule has 0 aliphatic carbocycles. The highest BCUT2D eigenvalue weighted by atomic mass is 16.4. The minimum Gasteiger partial charge on any atom is -0.481 e. The Morgan fingerprint density at radius 1 is 0.842 bits per heavy atom. The van der Waals surface area contributed by atoms with E-state index < -0.39 is 5.97 Å². The summed E-state index contributed by atoms with van der Waals surface area (Å²) in [6, 6.07) is 0. The molecule has 0 atom stereocenters. The summed E-state index contributed by atoms with van der Waals surface area (Å²) < 4.78 is 0. The third kappa shape index (κ3) is 16.9. The van der Waals surface area contributed by atoms with Crippen molar-refractivity contribution in [2.24, 2.45) is 0 Å². The summed E-state index contributed by atoms with van der Waals surface area (Å²) in [6.07, 6.45) is 20.9. The van der Waals surface area contributed by atoms with Crippen molar-refractivity contribution in [2.75, 3.05) is 0 Å². The highest BCUT2D eigenvalue weighted by Gasteiger charge is 1.91. The Bertz CT molecular complexity index is 254. The van der Waals surface area contributed by atoms with Crippen LogP contribution >= 0.6 is 0 Å². The van der Waals surface area contributed by atoms with Crippen molar-refractivity contribution >= 4 is 5.97 Å². The smallest absolute Gasteiger partial charge is 0.303 e. The van der Waals surface area contributed by atoms with E-state index in [9.17, 15) is 4.79 Å². The zero-order chi connectivity index (χ0) is 14.2. The molecule has 0 aliphatic heterocycles. The van der Waals surface area contributed by atoms with Gasteiger partial charge in [0.1, 0.15) is 0 Å². The van der Waals surface area contributed by atoms with Gasteiger partial charge in [0, 0.05) is 6.42 Å². The Hall–Kier alpha value is -1.05. The number of carbonyl (C=O) groups is 1. The Kier molecular flexibility index (Phi) is 14.2. The van der Waals surface area contributed by atoms with Crippen LogP contribution in [0.2, 0.25) is 0 Å². The normalized spacial score (nSPS) is 11.6. The largest absolute Gasteiger partial charge is 0.481 e. The van der Waals surface area contributed by atoms with Crippen molar-refractivity contribution in [2.45, 2.75) is 77.6 Å². The van der Waals surface area contributed by atoms with Gasteiger partial charge >= 0.3 is 5.97 Å². The topological polar surface area (TPSA) is 37.3 Å². The van der Waals surface area contributed by atoms with Gasteiger partial charge in [-0.2, -0.15) is 0 Å². The van der Waals surface area contributed by atoms with E-state index in [1.807, 2.05) is 18.2 Å². The van der Waals surface area contributed by atoms with Crippen molar-refractivity contribution in [3.63, 3.8) is 0 Å². The lowest BCUT2D eigenvalue weighted by molar-refractivity contribution is -0.136. The van der Waals surface area contributed by atoms with Crippen LogP contribution in [0.25, 0.3) is 0 Å². The second-order valence-electron chi connectivity index (χ2n) is 5.05. The molecule has 0 aromatic rings. The first-order valence-corrected chi connectivity index (χ1v) is 7.80. The lowest BCUT2D eigenvalue weighted by Gasteiger charge is -1.99. The van der Waals surface area contributed by atoms with E-state index in [0.717, 1.165) is 6.42 Å². The fourth-order valence-electron chi connectivity index (χ4n) is 1.95. The minimum atomic E-state index is -0.729. The maximum Gasteiger partial charge on any atom is 0.303 e. The van der Waals surface area contributed by atoms with Gasteiger partial charge in [0.05, 0.1) is 0 Å². The molecule has 2 nitrogen and oxygen atoms in total. The molecule has 0 heterocycles. The van der Waals surface area contributed by atoms with E-state index in [0.29, 0.717) is 6.42 Å². The standard InChI is InChI=1S/C17H30O2/c1-2-3-4-5-6-7-8-9-10-11-12-13-14-15-16-17(18)19/h11-14H,2-10,15-16H2,1H3,(H,18,19)/b12-11+,14-13+. The molecule has 0 radical (unpaired) electrons. The fourth-order valence-corrected chi connectivity index (χ4v) is 1.95. The molecule has 2 heteroatoms. The predicted molar refractivity (Wildman–Crippen MR) is 82.4 cm³/mol. The summed E-state index contributed by atoms with van der Waals surface area (Å²) in [7, 11) is 0. The van der Waals surface area contributed by atoms with Crippen molar-refractivity contribution in [1.82, 2.24) is 0 Å². The molecule has 1 N–H and O–H groups in total. The molecule has 0 aromatic heterocycles. The van der Waals surface area contributed by atoms with Crippen LogP contribution in [0.15, 0.2) is 24.3 Å². The molecule has 19 heavy (non-hydrogen) atoms. The quantitative estimate of drug-likeness (QED) is 0.353. The van der Waals surface area contributed by atoms with E-state index in [2.05, 4.69) is 13.0 Å². The summed E-state index contributed by atoms with van der Waals surface area (Å²) in [5.74, 6) is -0.729. The molecule has 0 fully saturated rings. The molecule has 110 valence electrons. The summed E-state index contributed by atoms with van der Waals surface area (Å²) in [5.41, 5.74) is 0. The van der Waals surface area contributed by atoms with Crippen molar-refractivity contribution in [3.8, 4) is 0 Å². The first-order chi connectivity index (χ1) is 9.27. The van der Waals surface area contributed by atoms with Crippen molar-refractivity contribution in [3.05, 3.63) is 24.3 Å². The number of hydrogen-bond acceptors (Lipinski definition) is 1. The number of carboxylic acids is 1. The lowest BCUT2D eigenvalue weighted by Crippen LogP contribution is -1.91. The number of rotatable bonds is 13. The van der Waals surface area contributed by atoms with Gasteiger partial charge in [0.25, 0.3) is 0 Å². The van der Waals surface area contributed by atoms with Crippen LogP contribution < -0.4 is 0 Å². The van der Waals surface area contributed by atoms with Gasteiger partial charge in [0.2, 0.25) is 0 Å². The molecule has 0 saturated heterocycles. The molecule has 0 rings (SSSR count). The second-order valence-corrected chi connectivity index (χ2v) is 5.05. The zero-order valence-electron chi connectivity index (χ0n) is 12.4. The van der Waals surface area contributed by atoms with E-state index in [1.54, 1.807) is 0 Å². The maximum absolute atomic E-state index is 10.3. The Morgan fingerprint density at radius 3 is 1.95 bits per heavy atom.